The topological polar surface area (TPSA) is 40.1 Å². The van der Waals surface area contributed by atoms with Gasteiger partial charge in [0, 0.05) is 26.2 Å². The minimum atomic E-state index is 0. The Morgan fingerprint density at radius 2 is 1.83 bits per heavy atom. The van der Waals surface area contributed by atoms with Crippen LogP contribution < -0.4 is 10.1 Å². The Morgan fingerprint density at radius 1 is 1.17 bits per heavy atom. The number of hydrogen-bond donors (Lipinski definition) is 1. The van der Waals surface area contributed by atoms with Gasteiger partial charge in [-0.15, -0.1) is 24.0 Å². The summed E-state index contributed by atoms with van der Waals surface area (Å²) in [4.78, 5) is 9.11. The van der Waals surface area contributed by atoms with Gasteiger partial charge in [0.05, 0.1) is 13.1 Å². The molecule has 0 amide bonds. The van der Waals surface area contributed by atoms with Crippen LogP contribution in [0.3, 0.4) is 0 Å². The lowest BCUT2D eigenvalue weighted by atomic mass is 10.3. The van der Waals surface area contributed by atoms with Gasteiger partial charge in [0.1, 0.15) is 12.4 Å². The van der Waals surface area contributed by atoms with Crippen molar-refractivity contribution in [2.45, 2.75) is 26.8 Å². The molecule has 0 spiro atoms. The van der Waals surface area contributed by atoms with Crippen molar-refractivity contribution in [3.8, 4) is 5.75 Å². The minimum absolute atomic E-state index is 0. The lowest BCUT2D eigenvalue weighted by Crippen LogP contribution is -2.41. The Balaban J connectivity index is 0.00000529. The molecule has 1 rings (SSSR count). The van der Waals surface area contributed by atoms with E-state index >= 15 is 0 Å². The summed E-state index contributed by atoms with van der Waals surface area (Å²) in [6.45, 7) is 10.5. The first-order valence-electron chi connectivity index (χ1n) is 8.42. The van der Waals surface area contributed by atoms with E-state index < -0.39 is 0 Å². The third kappa shape index (κ3) is 9.32. The first kappa shape index (κ1) is 23.0. The summed E-state index contributed by atoms with van der Waals surface area (Å²) in [7, 11) is 4.17. The minimum Gasteiger partial charge on any atom is -0.492 e. The summed E-state index contributed by atoms with van der Waals surface area (Å²) in [6.07, 6.45) is 0. The molecular formula is C18H33IN4O. The normalized spacial score (nSPS) is 11.4. The van der Waals surface area contributed by atoms with E-state index in [9.17, 15) is 0 Å². The number of para-hydroxylation sites is 1. The average molecular weight is 448 g/mol. The van der Waals surface area contributed by atoms with Crippen LogP contribution in [0, 0.1) is 0 Å². The van der Waals surface area contributed by atoms with Crippen molar-refractivity contribution in [3.63, 3.8) is 0 Å². The summed E-state index contributed by atoms with van der Waals surface area (Å²) in [5.74, 6) is 1.84. The standard InChI is InChI=1S/C18H32N4O.HI/c1-6-19-18(20-12-13-21(4)16(2)3)22(5)14-15-23-17-10-8-7-9-11-17;/h7-11,16H,6,12-15H2,1-5H3,(H,19,20);1H. The van der Waals surface area contributed by atoms with E-state index in [0.29, 0.717) is 12.6 Å². The Hall–Kier alpha value is -1.02. The van der Waals surface area contributed by atoms with E-state index in [1.165, 1.54) is 0 Å². The van der Waals surface area contributed by atoms with Gasteiger partial charge < -0.3 is 19.9 Å². The second-order valence-electron chi connectivity index (χ2n) is 5.89. The van der Waals surface area contributed by atoms with Crippen LogP contribution in [0.4, 0.5) is 0 Å². The molecule has 5 nitrogen and oxygen atoms in total. The van der Waals surface area contributed by atoms with E-state index in [4.69, 9.17) is 9.73 Å². The smallest absolute Gasteiger partial charge is 0.193 e. The Kier molecular flexibility index (Phi) is 12.7. The van der Waals surface area contributed by atoms with E-state index in [1.807, 2.05) is 37.4 Å². The fourth-order valence-corrected chi connectivity index (χ4v) is 1.96. The molecular weight excluding hydrogens is 415 g/mol. The van der Waals surface area contributed by atoms with Crippen LogP contribution in [0.15, 0.2) is 35.3 Å². The van der Waals surface area contributed by atoms with Crippen molar-refractivity contribution in [2.75, 3.05) is 46.9 Å². The molecule has 0 unspecified atom stereocenters. The summed E-state index contributed by atoms with van der Waals surface area (Å²) in [5, 5.41) is 3.34. The fourth-order valence-electron chi connectivity index (χ4n) is 1.96. The molecule has 24 heavy (non-hydrogen) atoms. The molecule has 0 aromatic heterocycles. The van der Waals surface area contributed by atoms with Crippen LogP contribution in [0.25, 0.3) is 0 Å². The molecule has 0 aliphatic heterocycles. The number of aliphatic imine (C=N–C) groups is 1. The number of likely N-dealkylation sites (N-methyl/N-ethyl adjacent to an activating group) is 2. The van der Waals surface area contributed by atoms with Gasteiger partial charge in [-0.2, -0.15) is 0 Å². The maximum absolute atomic E-state index is 5.75. The van der Waals surface area contributed by atoms with E-state index in [1.54, 1.807) is 0 Å². The molecule has 1 aromatic carbocycles. The second kappa shape index (κ2) is 13.3. The molecule has 0 aliphatic rings. The van der Waals surface area contributed by atoms with E-state index in [0.717, 1.165) is 37.9 Å². The zero-order valence-electron chi connectivity index (χ0n) is 15.7. The quantitative estimate of drug-likeness (QED) is 0.358. The zero-order valence-corrected chi connectivity index (χ0v) is 18.0. The van der Waals surface area contributed by atoms with Crippen LogP contribution in [-0.2, 0) is 0 Å². The molecule has 0 radical (unpaired) electrons. The summed E-state index contributed by atoms with van der Waals surface area (Å²) < 4.78 is 5.75. The van der Waals surface area contributed by atoms with Crippen LogP contribution >= 0.6 is 24.0 Å². The molecule has 1 N–H and O–H groups in total. The van der Waals surface area contributed by atoms with Crippen molar-refractivity contribution in [3.05, 3.63) is 30.3 Å². The molecule has 0 heterocycles. The summed E-state index contributed by atoms with van der Waals surface area (Å²) in [5.41, 5.74) is 0. The number of benzene rings is 1. The molecule has 0 saturated heterocycles. The van der Waals surface area contributed by atoms with Gasteiger partial charge in [-0.05, 0) is 40.0 Å². The van der Waals surface area contributed by atoms with Crippen LogP contribution in [-0.4, -0.2) is 68.7 Å². The Labute approximate surface area is 164 Å². The van der Waals surface area contributed by atoms with E-state index in [-0.39, 0.29) is 24.0 Å². The third-order valence-electron chi connectivity index (χ3n) is 3.73. The molecule has 1 aromatic rings. The predicted octanol–water partition coefficient (Wildman–Crippen LogP) is 2.92. The molecule has 6 heteroatoms. The highest BCUT2D eigenvalue weighted by Crippen LogP contribution is 2.07. The second-order valence-corrected chi connectivity index (χ2v) is 5.89. The predicted molar refractivity (Wildman–Crippen MR) is 114 cm³/mol. The maximum Gasteiger partial charge on any atom is 0.193 e. The fraction of sp³-hybridized carbons (Fsp3) is 0.611. The monoisotopic (exact) mass is 448 g/mol. The van der Waals surface area contributed by atoms with Crippen LogP contribution in [0.1, 0.15) is 20.8 Å². The van der Waals surface area contributed by atoms with Crippen LogP contribution in [0.5, 0.6) is 5.75 Å². The lowest BCUT2D eigenvalue weighted by Gasteiger charge is -2.23. The maximum atomic E-state index is 5.75. The highest BCUT2D eigenvalue weighted by Gasteiger charge is 2.07. The average Bonchev–Trinajstić information content (AvgIpc) is 2.54. The van der Waals surface area contributed by atoms with Crippen molar-refractivity contribution in [1.29, 1.82) is 0 Å². The number of nitrogens with one attached hydrogen (secondary N) is 1. The van der Waals surface area contributed by atoms with Gasteiger partial charge in [0.15, 0.2) is 5.96 Å². The van der Waals surface area contributed by atoms with Crippen molar-refractivity contribution >= 4 is 29.9 Å². The number of hydrogen-bond acceptors (Lipinski definition) is 3. The zero-order chi connectivity index (χ0) is 17.1. The summed E-state index contributed by atoms with van der Waals surface area (Å²) >= 11 is 0. The van der Waals surface area contributed by atoms with Gasteiger partial charge in [0.25, 0.3) is 0 Å². The molecule has 138 valence electrons. The van der Waals surface area contributed by atoms with Gasteiger partial charge in [-0.1, -0.05) is 18.2 Å². The first-order chi connectivity index (χ1) is 11.0. The SMILES string of the molecule is CCNC(=NCCN(C)C(C)C)N(C)CCOc1ccccc1.I. The highest BCUT2D eigenvalue weighted by atomic mass is 127. The van der Waals surface area contributed by atoms with Crippen molar-refractivity contribution in [1.82, 2.24) is 15.1 Å². The lowest BCUT2D eigenvalue weighted by molar-refractivity contribution is 0.276. The number of nitrogens with zero attached hydrogens (tertiary/aromatic N) is 3. The number of halogens is 1. The number of rotatable bonds is 9. The van der Waals surface area contributed by atoms with Crippen molar-refractivity contribution < 1.29 is 4.74 Å². The van der Waals surface area contributed by atoms with Gasteiger partial charge in [-0.3, -0.25) is 4.99 Å². The number of ether oxygens (including phenoxy) is 1. The molecule has 0 atom stereocenters. The van der Waals surface area contributed by atoms with Gasteiger partial charge in [0.2, 0.25) is 0 Å². The molecule has 0 fully saturated rings. The third-order valence-corrected chi connectivity index (χ3v) is 3.73. The molecule has 0 aliphatic carbocycles. The largest absolute Gasteiger partial charge is 0.492 e. The van der Waals surface area contributed by atoms with Gasteiger partial charge >= 0.3 is 0 Å². The Morgan fingerprint density at radius 3 is 2.42 bits per heavy atom. The molecule has 0 saturated carbocycles. The van der Waals surface area contributed by atoms with Crippen LogP contribution in [0.2, 0.25) is 0 Å². The van der Waals surface area contributed by atoms with Gasteiger partial charge in [-0.25, -0.2) is 0 Å². The number of guanidine groups is 1. The highest BCUT2D eigenvalue weighted by molar-refractivity contribution is 14.0. The Bertz CT molecular complexity index is 454. The van der Waals surface area contributed by atoms with Crippen molar-refractivity contribution in [2.24, 2.45) is 4.99 Å². The van der Waals surface area contributed by atoms with E-state index in [2.05, 4.69) is 42.9 Å². The summed E-state index contributed by atoms with van der Waals surface area (Å²) in [6, 6.07) is 10.4. The molecule has 0 bridgehead atoms. The first-order valence-corrected chi connectivity index (χ1v) is 8.42.